The van der Waals surface area contributed by atoms with Crippen molar-refractivity contribution >= 4 is 71.3 Å². The summed E-state index contributed by atoms with van der Waals surface area (Å²) in [4.78, 5) is 2.38. The molecule has 0 aliphatic heterocycles. The molecule has 0 atom stereocenters. The van der Waals surface area contributed by atoms with Gasteiger partial charge in [-0.3, -0.25) is 0 Å². The van der Waals surface area contributed by atoms with E-state index in [0.717, 1.165) is 60.9 Å². The lowest BCUT2D eigenvalue weighted by Crippen LogP contribution is -2.10. The third-order valence-electron chi connectivity index (χ3n) is 11.3. The van der Waals surface area contributed by atoms with Crippen molar-refractivity contribution in [3.05, 3.63) is 212 Å². The lowest BCUT2D eigenvalue weighted by atomic mass is 9.93. The Morgan fingerprint density at radius 3 is 1.52 bits per heavy atom. The van der Waals surface area contributed by atoms with Crippen molar-refractivity contribution in [3.63, 3.8) is 0 Å². The second-order valence-electron chi connectivity index (χ2n) is 14.5. The molecular weight excluding hydrogens is 679 g/mol. The van der Waals surface area contributed by atoms with Gasteiger partial charge < -0.3 is 9.32 Å². The van der Waals surface area contributed by atoms with Gasteiger partial charge >= 0.3 is 0 Å². The molecule has 0 aliphatic carbocycles. The maximum atomic E-state index is 6.87. The first-order valence-electron chi connectivity index (χ1n) is 19.2. The molecule has 0 saturated carbocycles. The topological polar surface area (TPSA) is 16.4 Å². The fourth-order valence-corrected chi connectivity index (χ4v) is 8.58. The summed E-state index contributed by atoms with van der Waals surface area (Å²) in [7, 11) is 0. The molecule has 0 spiro atoms. The summed E-state index contributed by atoms with van der Waals surface area (Å²) in [6, 6.07) is 76.3. The lowest BCUT2D eigenvalue weighted by molar-refractivity contribution is 0.674. The fourth-order valence-electron chi connectivity index (χ4n) is 8.58. The number of benzene rings is 10. The Hall–Kier alpha value is -7.42. The smallest absolute Gasteiger partial charge is 0.143 e. The van der Waals surface area contributed by atoms with Crippen molar-refractivity contribution in [2.45, 2.75) is 0 Å². The van der Waals surface area contributed by atoms with E-state index in [1.54, 1.807) is 0 Å². The first kappa shape index (κ1) is 32.0. The second kappa shape index (κ2) is 13.2. The second-order valence-corrected chi connectivity index (χ2v) is 14.5. The molecular formula is C54H35NO. The van der Waals surface area contributed by atoms with E-state index in [2.05, 4.69) is 217 Å². The minimum absolute atomic E-state index is 0.903. The van der Waals surface area contributed by atoms with Gasteiger partial charge in [-0.2, -0.15) is 0 Å². The molecule has 262 valence electrons. The van der Waals surface area contributed by atoms with Gasteiger partial charge in [0.05, 0.1) is 5.69 Å². The predicted octanol–water partition coefficient (Wildman–Crippen LogP) is 15.5. The average Bonchev–Trinajstić information content (AvgIpc) is 3.67. The molecule has 0 unspecified atom stereocenters. The van der Waals surface area contributed by atoms with Crippen LogP contribution in [0.25, 0.3) is 87.6 Å². The van der Waals surface area contributed by atoms with Crippen LogP contribution in [0.3, 0.4) is 0 Å². The van der Waals surface area contributed by atoms with Gasteiger partial charge in [-0.05, 0) is 91.8 Å². The number of anilines is 3. The Labute approximate surface area is 325 Å². The highest BCUT2D eigenvalue weighted by atomic mass is 16.3. The highest BCUT2D eigenvalue weighted by Gasteiger charge is 2.20. The molecule has 11 rings (SSSR count). The van der Waals surface area contributed by atoms with Crippen LogP contribution in [-0.2, 0) is 0 Å². The van der Waals surface area contributed by atoms with E-state index in [0.29, 0.717) is 0 Å². The van der Waals surface area contributed by atoms with Crippen molar-refractivity contribution in [1.82, 2.24) is 0 Å². The zero-order valence-electron chi connectivity index (χ0n) is 30.6. The van der Waals surface area contributed by atoms with Crippen molar-refractivity contribution < 1.29 is 4.42 Å². The average molecular weight is 714 g/mol. The third kappa shape index (κ3) is 5.26. The highest BCUT2D eigenvalue weighted by molar-refractivity contribution is 6.19. The number of rotatable bonds is 6. The van der Waals surface area contributed by atoms with E-state index in [9.17, 15) is 0 Å². The number of furan rings is 1. The molecule has 0 fully saturated rings. The van der Waals surface area contributed by atoms with Crippen molar-refractivity contribution in [2.75, 3.05) is 4.90 Å². The fraction of sp³-hybridized carbons (Fsp3) is 0. The highest BCUT2D eigenvalue weighted by Crippen LogP contribution is 2.45. The zero-order valence-corrected chi connectivity index (χ0v) is 30.6. The number of fused-ring (bicyclic) bond motifs is 8. The predicted molar refractivity (Wildman–Crippen MR) is 237 cm³/mol. The van der Waals surface area contributed by atoms with Crippen LogP contribution in [0, 0.1) is 0 Å². The number of hydrogen-bond acceptors (Lipinski definition) is 2. The molecule has 10 aromatic carbocycles. The zero-order chi connectivity index (χ0) is 37.0. The SMILES string of the molecule is c1ccc(-c2ccc(N(c3ccc(-c4cc5ccccc5c5ccccc45)cc3)c3cccc4c3ccc3c5cccc(-c6ccccc6)c5oc43)cc2)cc1. The number of nitrogens with zero attached hydrogens (tertiary/aromatic N) is 1. The quantitative estimate of drug-likeness (QED) is 0.160. The Bertz CT molecular complexity index is 3220. The molecule has 1 aromatic heterocycles. The summed E-state index contributed by atoms with van der Waals surface area (Å²) >= 11 is 0. The first-order chi connectivity index (χ1) is 27.8. The van der Waals surface area contributed by atoms with Crippen LogP contribution in [0.15, 0.2) is 217 Å². The molecule has 0 bridgehead atoms. The summed E-state index contributed by atoms with van der Waals surface area (Å²) in [6.45, 7) is 0. The molecule has 2 heteroatoms. The maximum Gasteiger partial charge on any atom is 0.143 e. The third-order valence-corrected chi connectivity index (χ3v) is 11.3. The van der Waals surface area contributed by atoms with Gasteiger partial charge in [-0.1, -0.05) is 170 Å². The Morgan fingerprint density at radius 2 is 0.786 bits per heavy atom. The van der Waals surface area contributed by atoms with E-state index in [1.807, 2.05) is 0 Å². The van der Waals surface area contributed by atoms with E-state index in [-0.39, 0.29) is 0 Å². The minimum atomic E-state index is 0.903. The standard InChI is InChI=1S/C54H35NO/c1-3-13-36(14-4-1)37-25-29-41(30-26-37)55(42-31-27-39(28-32-42)51-35-40-17-7-8-18-43(40)45-19-9-10-20-46(45)51)52-24-12-23-48-47(52)33-34-50-49-22-11-21-44(53(49)56-54(48)50)38-15-5-2-6-16-38/h1-35H. The monoisotopic (exact) mass is 713 g/mol. The molecule has 11 aromatic rings. The van der Waals surface area contributed by atoms with Crippen molar-refractivity contribution in [1.29, 1.82) is 0 Å². The summed E-state index contributed by atoms with van der Waals surface area (Å²) in [5, 5.41) is 9.50. The van der Waals surface area contributed by atoms with Gasteiger partial charge in [-0.25, -0.2) is 0 Å². The van der Waals surface area contributed by atoms with E-state index in [1.165, 1.54) is 43.8 Å². The summed E-state index contributed by atoms with van der Waals surface area (Å²) in [6.07, 6.45) is 0. The van der Waals surface area contributed by atoms with Gasteiger partial charge in [-0.15, -0.1) is 0 Å². The van der Waals surface area contributed by atoms with Crippen molar-refractivity contribution in [2.24, 2.45) is 0 Å². The Morgan fingerprint density at radius 1 is 0.286 bits per heavy atom. The molecule has 0 amide bonds. The maximum absolute atomic E-state index is 6.87. The Balaban J connectivity index is 1.09. The normalized spacial score (nSPS) is 11.6. The van der Waals surface area contributed by atoms with Crippen LogP contribution in [0.2, 0.25) is 0 Å². The molecule has 0 radical (unpaired) electrons. The van der Waals surface area contributed by atoms with Crippen LogP contribution in [0.1, 0.15) is 0 Å². The van der Waals surface area contributed by atoms with Gasteiger partial charge in [0.25, 0.3) is 0 Å². The van der Waals surface area contributed by atoms with E-state index < -0.39 is 0 Å². The van der Waals surface area contributed by atoms with Gasteiger partial charge in [0.1, 0.15) is 11.2 Å². The molecule has 1 heterocycles. The molecule has 2 nitrogen and oxygen atoms in total. The van der Waals surface area contributed by atoms with Crippen molar-refractivity contribution in [3.8, 4) is 33.4 Å². The first-order valence-corrected chi connectivity index (χ1v) is 19.2. The van der Waals surface area contributed by atoms with Crippen LogP contribution in [0.5, 0.6) is 0 Å². The van der Waals surface area contributed by atoms with Crippen LogP contribution < -0.4 is 4.90 Å². The number of para-hydroxylation sites is 1. The van der Waals surface area contributed by atoms with Crippen LogP contribution >= 0.6 is 0 Å². The van der Waals surface area contributed by atoms with Crippen LogP contribution in [0.4, 0.5) is 17.1 Å². The molecule has 56 heavy (non-hydrogen) atoms. The Kier molecular flexibility index (Phi) is 7.53. The number of hydrogen-bond donors (Lipinski definition) is 0. The molecule has 0 saturated heterocycles. The molecule has 0 aliphatic rings. The summed E-state index contributed by atoms with van der Waals surface area (Å²) in [5.74, 6) is 0. The summed E-state index contributed by atoms with van der Waals surface area (Å²) in [5.41, 5.74) is 12.1. The summed E-state index contributed by atoms with van der Waals surface area (Å²) < 4.78 is 6.87. The van der Waals surface area contributed by atoms with Crippen LogP contribution in [-0.4, -0.2) is 0 Å². The largest absolute Gasteiger partial charge is 0.455 e. The minimum Gasteiger partial charge on any atom is -0.455 e. The van der Waals surface area contributed by atoms with Gasteiger partial charge in [0, 0.05) is 38.5 Å². The lowest BCUT2D eigenvalue weighted by Gasteiger charge is -2.27. The van der Waals surface area contributed by atoms with E-state index >= 15 is 0 Å². The molecule has 0 N–H and O–H groups in total. The van der Waals surface area contributed by atoms with Gasteiger partial charge in [0.15, 0.2) is 0 Å². The van der Waals surface area contributed by atoms with E-state index in [4.69, 9.17) is 4.42 Å². The van der Waals surface area contributed by atoms with Gasteiger partial charge in [0.2, 0.25) is 0 Å².